The van der Waals surface area contributed by atoms with Crippen molar-refractivity contribution in [2.75, 3.05) is 52.9 Å². The highest BCUT2D eigenvalue weighted by molar-refractivity contribution is 7.16. The van der Waals surface area contributed by atoms with E-state index in [1.807, 2.05) is 24.3 Å². The van der Waals surface area contributed by atoms with Crippen molar-refractivity contribution < 1.29 is 50.0 Å². The predicted molar refractivity (Wildman–Crippen MR) is 192 cm³/mol. The Morgan fingerprint density at radius 3 is 1.10 bits per heavy atom. The van der Waals surface area contributed by atoms with Crippen LogP contribution in [0.25, 0.3) is 32.0 Å². The average Bonchev–Trinajstić information content (AvgIpc) is 3.60. The van der Waals surface area contributed by atoms with Gasteiger partial charge in [-0.25, -0.2) is 0 Å². The summed E-state index contributed by atoms with van der Waals surface area (Å²) in [5.74, 6) is -16.0. The fourth-order valence-electron chi connectivity index (χ4n) is 6.65. The number of allylic oxidation sites excluding steroid dienone is 2. The summed E-state index contributed by atoms with van der Waals surface area (Å²) < 4.78 is 123. The minimum Gasteiger partial charge on any atom is -0.377 e. The molecule has 3 aliphatic heterocycles. The van der Waals surface area contributed by atoms with Crippen LogP contribution in [-0.2, 0) is 36.9 Å². The zero-order chi connectivity index (χ0) is 37.3. The molecule has 5 heterocycles. The molecule has 2 aromatic carbocycles. The minimum atomic E-state index is -5.66. The van der Waals surface area contributed by atoms with Gasteiger partial charge in [0.25, 0.3) is 0 Å². The van der Waals surface area contributed by atoms with Gasteiger partial charge >= 0.3 is 17.8 Å². The topological polar surface area (TPSA) is 46.2 Å². The highest BCUT2D eigenvalue weighted by Gasteiger charge is 2.80. The maximum Gasteiger partial charge on any atom is 0.380 e. The molecule has 1 aliphatic carbocycles. The number of hydrogen-bond donors (Lipinski definition) is 0. The van der Waals surface area contributed by atoms with E-state index in [9.17, 15) is 0 Å². The highest BCUT2D eigenvalue weighted by atomic mass is 32.1. The highest BCUT2D eigenvalue weighted by Crippen LogP contribution is 2.67. The zero-order valence-corrected chi connectivity index (χ0v) is 30.9. The number of halogens is 6. The third-order valence-electron chi connectivity index (χ3n) is 9.27. The first-order valence-corrected chi connectivity index (χ1v) is 18.6. The molecule has 0 amide bonds. The summed E-state index contributed by atoms with van der Waals surface area (Å²) in [6.45, 7) is 9.78. The summed E-state index contributed by atoms with van der Waals surface area (Å²) in [5.41, 5.74) is 0.271. The maximum atomic E-state index is 16.0. The van der Waals surface area contributed by atoms with Gasteiger partial charge in [0.1, 0.15) is 0 Å². The summed E-state index contributed by atoms with van der Waals surface area (Å²) in [4.78, 5) is 1.55. The SMILES string of the molecule is Cc1sc2c(C)c1C1=C(c3c(C)sc(c3C)-c3ccc(cc3)COCCOCCOCCOCCOCc3ccc-2cc3)C(F)(F)C(F)(F)C1(F)F. The molecule has 0 atom stereocenters. The van der Waals surface area contributed by atoms with Crippen LogP contribution in [0, 0.1) is 27.7 Å². The van der Waals surface area contributed by atoms with E-state index in [1.54, 1.807) is 24.3 Å². The van der Waals surface area contributed by atoms with Gasteiger partial charge in [0, 0.05) is 41.8 Å². The van der Waals surface area contributed by atoms with E-state index in [1.165, 1.54) is 27.7 Å². The first kappa shape index (κ1) is 38.7. The number of thiophene rings is 2. The second-order valence-electron chi connectivity index (χ2n) is 12.8. The fraction of sp³-hybridized carbons (Fsp3) is 0.436. The Morgan fingerprint density at radius 1 is 0.462 bits per heavy atom. The fourth-order valence-corrected chi connectivity index (χ4v) is 8.99. The molecule has 8 bridgehead atoms. The standard InChI is InChI=1S/C39H40F6O5S2/c1-23-31-25(3)51-35(23)29-9-5-27(6-10-29)21-49-19-17-47-15-13-46-14-16-48-18-20-50-22-28-7-11-30(12-8-28)36-24(2)32(26(4)52-36)34-33(31)37(40,41)39(44,45)38(34,42)43/h5-12H,13-22H2,1-4H3. The van der Waals surface area contributed by atoms with Crippen LogP contribution in [0.15, 0.2) is 48.5 Å². The Balaban J connectivity index is 1.42. The van der Waals surface area contributed by atoms with Gasteiger partial charge in [-0.2, -0.15) is 26.3 Å². The molecule has 0 fully saturated rings. The zero-order valence-electron chi connectivity index (χ0n) is 29.3. The quantitative estimate of drug-likeness (QED) is 0.167. The number of rotatable bonds is 0. The van der Waals surface area contributed by atoms with E-state index < -0.39 is 28.9 Å². The molecule has 0 saturated heterocycles. The molecule has 0 spiro atoms. The van der Waals surface area contributed by atoms with Gasteiger partial charge in [0.2, 0.25) is 0 Å². The van der Waals surface area contributed by atoms with E-state index in [2.05, 4.69) is 0 Å². The molecule has 5 nitrogen and oxygen atoms in total. The molecule has 2 aromatic heterocycles. The van der Waals surface area contributed by atoms with E-state index >= 15 is 26.3 Å². The van der Waals surface area contributed by atoms with Crippen molar-refractivity contribution in [1.29, 1.82) is 0 Å². The number of alkyl halides is 6. The summed E-state index contributed by atoms with van der Waals surface area (Å²) >= 11 is 2.22. The summed E-state index contributed by atoms with van der Waals surface area (Å²) in [5, 5.41) is 0. The Kier molecular flexibility index (Phi) is 11.7. The molecule has 13 heteroatoms. The Bertz CT molecular complexity index is 1760. The maximum absolute atomic E-state index is 16.0. The Hall–Kier alpha value is -3.04. The van der Waals surface area contributed by atoms with Crippen LogP contribution in [0.3, 0.4) is 0 Å². The van der Waals surface area contributed by atoms with Gasteiger partial charge in [0.15, 0.2) is 0 Å². The van der Waals surface area contributed by atoms with Crippen LogP contribution < -0.4 is 0 Å². The molecular formula is C39H40F6O5S2. The average molecular weight is 767 g/mol. The molecule has 52 heavy (non-hydrogen) atoms. The van der Waals surface area contributed by atoms with Gasteiger partial charge in [-0.05, 0) is 61.1 Å². The molecule has 0 saturated carbocycles. The number of fused-ring (bicyclic) bond motifs is 2. The Labute approximate surface area is 307 Å². The summed E-state index contributed by atoms with van der Waals surface area (Å²) in [6.07, 6.45) is 0. The molecule has 8 rings (SSSR count). The van der Waals surface area contributed by atoms with Gasteiger partial charge < -0.3 is 23.7 Å². The first-order valence-electron chi connectivity index (χ1n) is 16.9. The molecule has 4 aromatic rings. The number of benzene rings is 2. The van der Waals surface area contributed by atoms with Crippen molar-refractivity contribution in [1.82, 2.24) is 0 Å². The van der Waals surface area contributed by atoms with Gasteiger partial charge in [0.05, 0.1) is 66.1 Å². The van der Waals surface area contributed by atoms with Gasteiger partial charge in [-0.15, -0.1) is 22.7 Å². The predicted octanol–water partition coefficient (Wildman–Crippen LogP) is 10.3. The van der Waals surface area contributed by atoms with E-state index in [0.29, 0.717) is 87.0 Å². The van der Waals surface area contributed by atoms with Crippen molar-refractivity contribution in [3.05, 3.63) is 91.7 Å². The lowest BCUT2D eigenvalue weighted by atomic mass is 9.89. The van der Waals surface area contributed by atoms with Gasteiger partial charge in [-0.1, -0.05) is 48.5 Å². The van der Waals surface area contributed by atoms with Crippen molar-refractivity contribution >= 4 is 33.8 Å². The van der Waals surface area contributed by atoms with Crippen molar-refractivity contribution in [2.45, 2.75) is 58.7 Å². The molecule has 0 radical (unpaired) electrons. The summed E-state index contributed by atoms with van der Waals surface area (Å²) in [6, 6.07) is 14.4. The van der Waals surface area contributed by atoms with Gasteiger partial charge in [-0.3, -0.25) is 0 Å². The van der Waals surface area contributed by atoms with E-state index in [-0.39, 0.29) is 32.0 Å². The number of ether oxygens (including phenoxy) is 5. The van der Waals surface area contributed by atoms with Crippen LogP contribution in [0.1, 0.15) is 43.1 Å². The molecule has 280 valence electrons. The molecule has 0 N–H and O–H groups in total. The second kappa shape index (κ2) is 15.7. The van der Waals surface area contributed by atoms with Crippen LogP contribution in [0.4, 0.5) is 26.3 Å². The Morgan fingerprint density at radius 2 is 0.769 bits per heavy atom. The molecular weight excluding hydrogens is 727 g/mol. The minimum absolute atomic E-state index is 0.235. The lowest BCUT2D eigenvalue weighted by Gasteiger charge is -2.26. The van der Waals surface area contributed by atoms with Crippen molar-refractivity contribution in [3.8, 4) is 20.9 Å². The van der Waals surface area contributed by atoms with Crippen molar-refractivity contribution in [2.24, 2.45) is 0 Å². The monoisotopic (exact) mass is 766 g/mol. The third kappa shape index (κ3) is 7.25. The lowest BCUT2D eigenvalue weighted by molar-refractivity contribution is -0.254. The first-order chi connectivity index (χ1) is 24.8. The summed E-state index contributed by atoms with van der Waals surface area (Å²) in [7, 11) is 0. The molecule has 0 unspecified atom stereocenters. The lowest BCUT2D eigenvalue weighted by Crippen LogP contribution is -2.49. The number of hydrogen-bond acceptors (Lipinski definition) is 7. The smallest absolute Gasteiger partial charge is 0.377 e. The van der Waals surface area contributed by atoms with Crippen LogP contribution in [0.5, 0.6) is 0 Å². The largest absolute Gasteiger partial charge is 0.380 e. The van der Waals surface area contributed by atoms with E-state index in [0.717, 1.165) is 33.8 Å². The number of aryl methyl sites for hydroxylation is 2. The van der Waals surface area contributed by atoms with Crippen LogP contribution in [-0.4, -0.2) is 70.6 Å². The van der Waals surface area contributed by atoms with Crippen LogP contribution in [0.2, 0.25) is 0 Å². The second-order valence-corrected chi connectivity index (χ2v) is 15.2. The third-order valence-corrected chi connectivity index (χ3v) is 11.8. The molecule has 4 aliphatic rings. The van der Waals surface area contributed by atoms with Crippen molar-refractivity contribution in [3.63, 3.8) is 0 Å². The van der Waals surface area contributed by atoms with E-state index in [4.69, 9.17) is 23.7 Å². The normalized spacial score (nSPS) is 20.1. The van der Waals surface area contributed by atoms with Crippen LogP contribution >= 0.6 is 22.7 Å².